The number of benzene rings is 1. The van der Waals surface area contributed by atoms with Crippen molar-refractivity contribution in [3.8, 4) is 0 Å². The van der Waals surface area contributed by atoms with Crippen molar-refractivity contribution in [3.63, 3.8) is 0 Å². The molecule has 0 spiro atoms. The molecule has 1 aromatic carbocycles. The van der Waals surface area contributed by atoms with Gasteiger partial charge < -0.3 is 20.5 Å². The van der Waals surface area contributed by atoms with E-state index in [-0.39, 0.29) is 30.2 Å². The summed E-state index contributed by atoms with van der Waals surface area (Å²) in [5.74, 6) is -1.28. The van der Waals surface area contributed by atoms with E-state index in [1.165, 1.54) is 0 Å². The van der Waals surface area contributed by atoms with Crippen LogP contribution in [-0.2, 0) is 14.3 Å². The lowest BCUT2D eigenvalue weighted by Gasteiger charge is -2.27. The van der Waals surface area contributed by atoms with E-state index in [9.17, 15) is 14.4 Å². The highest BCUT2D eigenvalue weighted by Gasteiger charge is 2.40. The second kappa shape index (κ2) is 10.1. The third-order valence-electron chi connectivity index (χ3n) is 5.00. The SMILES string of the molecule is CCOCCC1(C(=O)Nc2ccc(C(=O)NCCC(=O)O)cc2)CCCC1. The maximum absolute atomic E-state index is 12.9. The van der Waals surface area contributed by atoms with Gasteiger partial charge in [-0.05, 0) is 50.5 Å². The zero-order valence-corrected chi connectivity index (χ0v) is 15.8. The average molecular weight is 376 g/mol. The molecule has 1 aliphatic carbocycles. The lowest BCUT2D eigenvalue weighted by molar-refractivity contribution is -0.136. The number of amides is 2. The Bertz CT molecular complexity index is 651. The van der Waals surface area contributed by atoms with E-state index in [0.29, 0.717) is 24.5 Å². The van der Waals surface area contributed by atoms with Crippen LogP contribution in [0, 0.1) is 5.41 Å². The first-order chi connectivity index (χ1) is 13.0. The van der Waals surface area contributed by atoms with Crippen molar-refractivity contribution in [2.75, 3.05) is 25.1 Å². The second-order valence-corrected chi connectivity index (χ2v) is 6.87. The third-order valence-corrected chi connectivity index (χ3v) is 5.00. The quantitative estimate of drug-likeness (QED) is 0.545. The zero-order chi connectivity index (χ0) is 19.7. The molecule has 0 heterocycles. The van der Waals surface area contributed by atoms with Gasteiger partial charge in [-0.15, -0.1) is 0 Å². The maximum Gasteiger partial charge on any atom is 0.305 e. The van der Waals surface area contributed by atoms with Gasteiger partial charge in [0.05, 0.1) is 11.8 Å². The lowest BCUT2D eigenvalue weighted by atomic mass is 9.82. The number of hydrogen-bond acceptors (Lipinski definition) is 4. The number of carbonyl (C=O) groups is 3. The molecule has 7 nitrogen and oxygen atoms in total. The molecule has 1 fully saturated rings. The Hall–Kier alpha value is -2.41. The molecule has 3 N–H and O–H groups in total. The number of ether oxygens (including phenoxy) is 1. The van der Waals surface area contributed by atoms with Crippen LogP contribution in [0.25, 0.3) is 0 Å². The minimum absolute atomic E-state index is 0.0124. The first kappa shape index (κ1) is 20.9. The fourth-order valence-electron chi connectivity index (χ4n) is 3.41. The molecular weight excluding hydrogens is 348 g/mol. The summed E-state index contributed by atoms with van der Waals surface area (Å²) in [5, 5.41) is 14.1. The Labute approximate surface area is 159 Å². The van der Waals surface area contributed by atoms with Gasteiger partial charge in [-0.25, -0.2) is 0 Å². The fourth-order valence-corrected chi connectivity index (χ4v) is 3.41. The van der Waals surface area contributed by atoms with Gasteiger partial charge in [0.1, 0.15) is 0 Å². The minimum Gasteiger partial charge on any atom is -0.481 e. The van der Waals surface area contributed by atoms with E-state index in [1.807, 2.05) is 6.92 Å². The van der Waals surface area contributed by atoms with E-state index < -0.39 is 5.97 Å². The average Bonchev–Trinajstić information content (AvgIpc) is 3.12. The van der Waals surface area contributed by atoms with Gasteiger partial charge in [-0.1, -0.05) is 12.8 Å². The summed E-state index contributed by atoms with van der Waals surface area (Å²) in [6.07, 6.45) is 4.44. The van der Waals surface area contributed by atoms with Crippen LogP contribution in [0.2, 0.25) is 0 Å². The van der Waals surface area contributed by atoms with Gasteiger partial charge in [0, 0.05) is 31.0 Å². The number of carboxylic acids is 1. The molecule has 2 amide bonds. The van der Waals surface area contributed by atoms with E-state index in [1.54, 1.807) is 24.3 Å². The number of nitrogens with one attached hydrogen (secondary N) is 2. The van der Waals surface area contributed by atoms with E-state index in [4.69, 9.17) is 9.84 Å². The van der Waals surface area contributed by atoms with Crippen LogP contribution in [0.3, 0.4) is 0 Å². The van der Waals surface area contributed by atoms with Crippen molar-refractivity contribution in [1.29, 1.82) is 0 Å². The Morgan fingerprint density at radius 2 is 1.81 bits per heavy atom. The summed E-state index contributed by atoms with van der Waals surface area (Å²) >= 11 is 0. The predicted octanol–water partition coefficient (Wildman–Crippen LogP) is 2.82. The summed E-state index contributed by atoms with van der Waals surface area (Å²) < 4.78 is 5.45. The monoisotopic (exact) mass is 376 g/mol. The smallest absolute Gasteiger partial charge is 0.305 e. The molecule has 0 unspecified atom stereocenters. The standard InChI is InChI=1S/C20H28N2O5/c1-2-27-14-12-20(10-3-4-11-20)19(26)22-16-7-5-15(6-8-16)18(25)21-13-9-17(23)24/h5-8H,2-4,9-14H2,1H3,(H,21,25)(H,22,26)(H,23,24). The van der Waals surface area contributed by atoms with Crippen molar-refractivity contribution in [2.45, 2.75) is 45.4 Å². The summed E-state index contributed by atoms with van der Waals surface area (Å²) in [5.41, 5.74) is 0.692. The van der Waals surface area contributed by atoms with Crippen molar-refractivity contribution < 1.29 is 24.2 Å². The Kier molecular flexibility index (Phi) is 7.79. The van der Waals surface area contributed by atoms with Gasteiger partial charge in [0.25, 0.3) is 5.91 Å². The van der Waals surface area contributed by atoms with E-state index in [2.05, 4.69) is 10.6 Å². The van der Waals surface area contributed by atoms with Crippen LogP contribution in [-0.4, -0.2) is 42.6 Å². The van der Waals surface area contributed by atoms with Gasteiger partial charge in [0.2, 0.25) is 5.91 Å². The first-order valence-corrected chi connectivity index (χ1v) is 9.46. The van der Waals surface area contributed by atoms with Crippen molar-refractivity contribution in [1.82, 2.24) is 5.32 Å². The summed E-state index contributed by atoms with van der Waals surface area (Å²) in [4.78, 5) is 35.3. The van der Waals surface area contributed by atoms with Crippen LogP contribution < -0.4 is 10.6 Å². The Morgan fingerprint density at radius 3 is 2.41 bits per heavy atom. The molecule has 0 radical (unpaired) electrons. The van der Waals surface area contributed by atoms with E-state index in [0.717, 1.165) is 32.1 Å². The highest BCUT2D eigenvalue weighted by Crippen LogP contribution is 2.42. The molecule has 27 heavy (non-hydrogen) atoms. The number of carboxylic acid groups (broad SMARTS) is 1. The van der Waals surface area contributed by atoms with Crippen molar-refractivity contribution in [2.24, 2.45) is 5.41 Å². The van der Waals surface area contributed by atoms with Gasteiger partial charge in [0.15, 0.2) is 0 Å². The lowest BCUT2D eigenvalue weighted by Crippen LogP contribution is -2.35. The molecule has 0 saturated heterocycles. The summed E-state index contributed by atoms with van der Waals surface area (Å²) in [6, 6.07) is 6.62. The van der Waals surface area contributed by atoms with Gasteiger partial charge in [-0.3, -0.25) is 14.4 Å². The zero-order valence-electron chi connectivity index (χ0n) is 15.8. The van der Waals surface area contributed by atoms with Crippen LogP contribution in [0.15, 0.2) is 24.3 Å². The number of carbonyl (C=O) groups excluding carboxylic acids is 2. The number of hydrogen-bond donors (Lipinski definition) is 3. The normalized spacial score (nSPS) is 15.3. The highest BCUT2D eigenvalue weighted by molar-refractivity contribution is 5.97. The number of rotatable bonds is 10. The van der Waals surface area contributed by atoms with Crippen LogP contribution >= 0.6 is 0 Å². The maximum atomic E-state index is 12.9. The Balaban J connectivity index is 1.93. The predicted molar refractivity (Wildman–Crippen MR) is 102 cm³/mol. The molecule has 1 saturated carbocycles. The Morgan fingerprint density at radius 1 is 1.15 bits per heavy atom. The molecule has 0 aromatic heterocycles. The molecule has 0 bridgehead atoms. The molecule has 1 aromatic rings. The number of anilines is 1. The largest absolute Gasteiger partial charge is 0.481 e. The molecular formula is C20H28N2O5. The molecule has 148 valence electrons. The van der Waals surface area contributed by atoms with Gasteiger partial charge >= 0.3 is 5.97 Å². The summed E-state index contributed by atoms with van der Waals surface area (Å²) in [7, 11) is 0. The van der Waals surface area contributed by atoms with Crippen LogP contribution in [0.1, 0.15) is 55.8 Å². The van der Waals surface area contributed by atoms with Crippen molar-refractivity contribution in [3.05, 3.63) is 29.8 Å². The molecule has 1 aliphatic rings. The molecule has 0 aliphatic heterocycles. The highest BCUT2D eigenvalue weighted by atomic mass is 16.5. The molecule has 2 rings (SSSR count). The van der Waals surface area contributed by atoms with Crippen molar-refractivity contribution >= 4 is 23.5 Å². The van der Waals surface area contributed by atoms with Gasteiger partial charge in [-0.2, -0.15) is 0 Å². The fraction of sp³-hybridized carbons (Fsp3) is 0.550. The molecule has 7 heteroatoms. The minimum atomic E-state index is -0.960. The third kappa shape index (κ3) is 6.06. The number of aliphatic carboxylic acids is 1. The topological polar surface area (TPSA) is 105 Å². The van der Waals surface area contributed by atoms with Crippen LogP contribution in [0.5, 0.6) is 0 Å². The second-order valence-electron chi connectivity index (χ2n) is 6.87. The van der Waals surface area contributed by atoms with Crippen LogP contribution in [0.4, 0.5) is 5.69 Å². The summed E-state index contributed by atoms with van der Waals surface area (Å²) in [6.45, 7) is 3.25. The van der Waals surface area contributed by atoms with E-state index >= 15 is 0 Å². The first-order valence-electron chi connectivity index (χ1n) is 9.46. The molecule has 0 atom stereocenters.